The molecule has 1 aromatic heterocycles. The van der Waals surface area contributed by atoms with Crippen LogP contribution >= 0.6 is 11.8 Å². The van der Waals surface area contributed by atoms with Crippen LogP contribution in [-0.4, -0.2) is 62.8 Å². The van der Waals surface area contributed by atoms with E-state index < -0.39 is 29.6 Å². The molecule has 0 radical (unpaired) electrons. The molecule has 1 amide bonds. The van der Waals surface area contributed by atoms with E-state index in [0.717, 1.165) is 35.4 Å². The van der Waals surface area contributed by atoms with Gasteiger partial charge in [0, 0.05) is 41.7 Å². The number of allylic oxidation sites excluding steroid dienone is 3. The average molecular weight is 770 g/mol. The monoisotopic (exact) mass is 769 g/mol. The minimum absolute atomic E-state index is 0.106. The fraction of sp³-hybridized carbons (Fsp3) is 0.436. The van der Waals surface area contributed by atoms with E-state index in [2.05, 4.69) is 15.0 Å². The van der Waals surface area contributed by atoms with Crippen molar-refractivity contribution in [3.8, 4) is 11.1 Å². The highest BCUT2D eigenvalue weighted by Gasteiger charge is 2.40. The normalized spacial score (nSPS) is 20.5. The second-order valence-electron chi connectivity index (χ2n) is 13.9. The van der Waals surface area contributed by atoms with Crippen LogP contribution in [0, 0.1) is 5.92 Å². The molecule has 1 fully saturated rings. The number of oxime groups is 1. The number of aromatic nitrogens is 2. The molecule has 2 aliphatic carbocycles. The van der Waals surface area contributed by atoms with Gasteiger partial charge in [-0.15, -0.1) is 0 Å². The molecule has 0 saturated carbocycles. The van der Waals surface area contributed by atoms with Crippen molar-refractivity contribution < 1.29 is 36.3 Å². The number of nitrogens with zero attached hydrogens (tertiary/aromatic N) is 5. The lowest BCUT2D eigenvalue weighted by atomic mass is 9.93. The van der Waals surface area contributed by atoms with Crippen LogP contribution in [0.2, 0.25) is 0 Å². The van der Waals surface area contributed by atoms with Gasteiger partial charge in [-0.2, -0.15) is 18.2 Å². The van der Waals surface area contributed by atoms with E-state index >= 15 is 0 Å². The Balaban J connectivity index is 1.18. The number of thioether (sulfide) groups is 1. The summed E-state index contributed by atoms with van der Waals surface area (Å²) in [6.45, 7) is 4.97. The number of carbonyl (C=O) groups is 1. The molecule has 3 aromatic rings. The van der Waals surface area contributed by atoms with Gasteiger partial charge in [0.05, 0.1) is 18.7 Å². The Labute approximate surface area is 313 Å². The highest BCUT2D eigenvalue weighted by Crippen LogP contribution is 2.38. The Morgan fingerprint density at radius 1 is 1.02 bits per heavy atom. The van der Waals surface area contributed by atoms with Crippen molar-refractivity contribution in [1.82, 2.24) is 19.4 Å². The predicted molar refractivity (Wildman–Crippen MR) is 194 cm³/mol. The molecule has 54 heavy (non-hydrogen) atoms. The lowest BCUT2D eigenvalue weighted by molar-refractivity contribution is -0.137. The van der Waals surface area contributed by atoms with E-state index in [1.54, 1.807) is 11.8 Å². The van der Waals surface area contributed by atoms with Crippen LogP contribution in [0.1, 0.15) is 68.1 Å². The van der Waals surface area contributed by atoms with Crippen LogP contribution in [0.5, 0.6) is 0 Å². The van der Waals surface area contributed by atoms with Crippen LogP contribution < -0.4 is 5.56 Å². The van der Waals surface area contributed by atoms with Crippen molar-refractivity contribution in [2.24, 2.45) is 11.1 Å². The largest absolute Gasteiger partial charge is 0.450 e. The van der Waals surface area contributed by atoms with Gasteiger partial charge in [0.25, 0.3) is 5.56 Å². The standard InChI is InChI=1S/C39H40F5N5O4S/c1-3-52-38(51)47-19-17-28(18-20-47)49-33(46-53-36(49)26-10-8-24(9-11-26)25-12-14-27(15-13-25)39(42,43)44)21-48-32-6-4-5-29(32)35(50)45-37(48)54-22-30-23(2)7-16-31(40)34(30)41/h8-16,23,28,36H,3-7,17-22H2,1-2H3. The number of halogens is 5. The van der Waals surface area contributed by atoms with E-state index in [1.807, 2.05) is 35.8 Å². The third-order valence-electron chi connectivity index (χ3n) is 10.5. The number of amidine groups is 1. The molecule has 1 saturated heterocycles. The number of hydrogen-bond donors (Lipinski definition) is 0. The molecule has 15 heteroatoms. The first-order valence-electron chi connectivity index (χ1n) is 18.1. The summed E-state index contributed by atoms with van der Waals surface area (Å²) in [6, 6.07) is 12.3. The van der Waals surface area contributed by atoms with E-state index in [-0.39, 0.29) is 42.5 Å². The first-order valence-corrected chi connectivity index (χ1v) is 19.1. The number of likely N-dealkylation sites (tertiary alicyclic amines) is 1. The molecule has 3 heterocycles. The van der Waals surface area contributed by atoms with Gasteiger partial charge in [0.1, 0.15) is 0 Å². The van der Waals surface area contributed by atoms with Crippen LogP contribution in [0.15, 0.2) is 86.9 Å². The summed E-state index contributed by atoms with van der Waals surface area (Å²) in [5, 5.41) is 4.97. The molecule has 7 rings (SSSR count). The van der Waals surface area contributed by atoms with E-state index in [0.29, 0.717) is 72.9 Å². The van der Waals surface area contributed by atoms with Crippen LogP contribution in [0.4, 0.5) is 26.7 Å². The molecule has 4 aliphatic rings. The summed E-state index contributed by atoms with van der Waals surface area (Å²) >= 11 is 1.20. The fourth-order valence-electron chi connectivity index (χ4n) is 7.54. The Morgan fingerprint density at radius 3 is 2.37 bits per heavy atom. The Morgan fingerprint density at radius 2 is 1.70 bits per heavy atom. The first-order chi connectivity index (χ1) is 25.9. The van der Waals surface area contributed by atoms with Gasteiger partial charge in [-0.1, -0.05) is 60.2 Å². The van der Waals surface area contributed by atoms with Gasteiger partial charge < -0.3 is 23.9 Å². The summed E-state index contributed by atoms with van der Waals surface area (Å²) in [5.41, 5.74) is 2.87. The third-order valence-corrected chi connectivity index (χ3v) is 11.6. The maximum Gasteiger partial charge on any atom is 0.416 e. The zero-order valence-corrected chi connectivity index (χ0v) is 30.7. The van der Waals surface area contributed by atoms with Crippen molar-refractivity contribution in [1.29, 1.82) is 0 Å². The smallest absolute Gasteiger partial charge is 0.416 e. The molecule has 9 nitrogen and oxygen atoms in total. The summed E-state index contributed by atoms with van der Waals surface area (Å²) in [6.07, 6.45) is -0.635. The highest BCUT2D eigenvalue weighted by molar-refractivity contribution is 7.99. The quantitative estimate of drug-likeness (QED) is 0.122. The molecule has 0 N–H and O–H groups in total. The number of amides is 1. The summed E-state index contributed by atoms with van der Waals surface area (Å²) in [7, 11) is 0. The lowest BCUT2D eigenvalue weighted by Crippen LogP contribution is -2.49. The Kier molecular flexibility index (Phi) is 10.9. The molecule has 2 aliphatic heterocycles. The predicted octanol–water partition coefficient (Wildman–Crippen LogP) is 8.59. The maximum atomic E-state index is 14.9. The Bertz CT molecular complexity index is 2040. The maximum absolute atomic E-state index is 14.9. The van der Waals surface area contributed by atoms with Crippen molar-refractivity contribution in [2.45, 2.75) is 82.5 Å². The van der Waals surface area contributed by atoms with Gasteiger partial charge in [-0.3, -0.25) is 4.79 Å². The van der Waals surface area contributed by atoms with Crippen LogP contribution in [0.25, 0.3) is 11.1 Å². The summed E-state index contributed by atoms with van der Waals surface area (Å²) in [4.78, 5) is 40.1. The summed E-state index contributed by atoms with van der Waals surface area (Å²) in [5.74, 6) is -1.25. The number of ether oxygens (including phenoxy) is 1. The second kappa shape index (κ2) is 15.6. The minimum Gasteiger partial charge on any atom is -0.450 e. The molecule has 286 valence electrons. The number of hydrogen-bond acceptors (Lipinski definition) is 8. The van der Waals surface area contributed by atoms with Gasteiger partial charge in [0.15, 0.2) is 22.6 Å². The minimum atomic E-state index is -4.43. The first kappa shape index (κ1) is 37.6. The number of rotatable bonds is 9. The van der Waals surface area contributed by atoms with Gasteiger partial charge >= 0.3 is 12.3 Å². The number of carbonyl (C=O) groups excluding carboxylic acids is 1. The Hall–Kier alpha value is -4.66. The zero-order valence-electron chi connectivity index (χ0n) is 29.9. The lowest BCUT2D eigenvalue weighted by Gasteiger charge is -2.39. The SMILES string of the molecule is CCOC(=O)N1CCC(N2C(Cn3c(SCC4=C(F)C(F)=CCC4C)nc(=O)c4c3CCC4)=NOC2c2ccc(-c3ccc(C(F)(F)F)cc3)cc2)CC1. The van der Waals surface area contributed by atoms with Crippen molar-refractivity contribution in [3.05, 3.63) is 105 Å². The van der Waals surface area contributed by atoms with E-state index in [1.165, 1.54) is 30.0 Å². The number of benzene rings is 2. The van der Waals surface area contributed by atoms with Crippen molar-refractivity contribution >= 4 is 23.7 Å². The number of alkyl halides is 3. The van der Waals surface area contributed by atoms with Gasteiger partial charge in [-0.05, 0) is 86.3 Å². The van der Waals surface area contributed by atoms with Gasteiger partial charge in [0.2, 0.25) is 6.23 Å². The fourth-order valence-corrected chi connectivity index (χ4v) is 8.72. The van der Waals surface area contributed by atoms with Gasteiger partial charge in [-0.25, -0.2) is 13.6 Å². The van der Waals surface area contributed by atoms with Crippen molar-refractivity contribution in [2.75, 3.05) is 25.4 Å². The molecule has 2 aromatic carbocycles. The summed E-state index contributed by atoms with van der Waals surface area (Å²) < 4.78 is 75.8. The highest BCUT2D eigenvalue weighted by atomic mass is 32.2. The molecule has 2 unspecified atom stereocenters. The molecule has 0 bridgehead atoms. The van der Waals surface area contributed by atoms with E-state index in [4.69, 9.17) is 9.57 Å². The second-order valence-corrected chi connectivity index (χ2v) is 14.8. The zero-order chi connectivity index (χ0) is 38.1. The topological polar surface area (TPSA) is 89.3 Å². The number of fused-ring (bicyclic) bond motifs is 1. The average Bonchev–Trinajstić information content (AvgIpc) is 3.83. The molecule has 0 spiro atoms. The molecule has 2 atom stereocenters. The van der Waals surface area contributed by atoms with Crippen LogP contribution in [0.3, 0.4) is 0 Å². The van der Waals surface area contributed by atoms with E-state index in [9.17, 15) is 31.5 Å². The molecular weight excluding hydrogens is 730 g/mol. The third kappa shape index (κ3) is 7.64. The molecular formula is C39H40F5N5O4S. The number of piperidine rings is 1. The van der Waals surface area contributed by atoms with Crippen LogP contribution in [-0.2, 0) is 35.1 Å². The van der Waals surface area contributed by atoms with Crippen molar-refractivity contribution in [3.63, 3.8) is 0 Å².